The molecule has 0 bridgehead atoms. The molecule has 1 aromatic heterocycles. The van der Waals surface area contributed by atoms with E-state index in [4.69, 9.17) is 21.6 Å². The van der Waals surface area contributed by atoms with E-state index in [1.165, 1.54) is 0 Å². The Morgan fingerprint density at radius 2 is 1.96 bits per heavy atom. The third kappa shape index (κ3) is 4.05. The fourth-order valence-corrected chi connectivity index (χ4v) is 2.89. The highest BCUT2D eigenvalue weighted by Crippen LogP contribution is 2.32. The van der Waals surface area contributed by atoms with Crippen LogP contribution < -0.4 is 10.3 Å². The zero-order chi connectivity index (χ0) is 17.8. The first-order chi connectivity index (χ1) is 12.1. The lowest BCUT2D eigenvalue weighted by Crippen LogP contribution is -2.10. The van der Waals surface area contributed by atoms with Gasteiger partial charge in [0.15, 0.2) is 5.75 Å². The van der Waals surface area contributed by atoms with Crippen molar-refractivity contribution in [3.63, 3.8) is 0 Å². The molecule has 1 heterocycles. The summed E-state index contributed by atoms with van der Waals surface area (Å²) in [5.41, 5.74) is 1.86. The van der Waals surface area contributed by atoms with E-state index in [1.807, 2.05) is 36.4 Å². The van der Waals surface area contributed by atoms with Crippen LogP contribution in [0.1, 0.15) is 16.7 Å². The lowest BCUT2D eigenvalue weighted by molar-refractivity contribution is 0.463. The quantitative estimate of drug-likeness (QED) is 0.663. The van der Waals surface area contributed by atoms with E-state index in [0.717, 1.165) is 11.1 Å². The molecule has 0 aliphatic heterocycles. The average molecular weight is 369 g/mol. The zero-order valence-electron chi connectivity index (χ0n) is 13.0. The van der Waals surface area contributed by atoms with Crippen molar-refractivity contribution in [3.8, 4) is 17.6 Å². The van der Waals surface area contributed by atoms with Crippen molar-refractivity contribution in [2.24, 2.45) is 0 Å². The Kier molecular flexibility index (Phi) is 5.13. The first-order valence-corrected chi connectivity index (χ1v) is 8.25. The number of halogens is 1. The molecule has 0 atom stereocenters. The van der Waals surface area contributed by atoms with E-state index >= 15 is 0 Å². The highest BCUT2D eigenvalue weighted by Gasteiger charge is 2.14. The van der Waals surface area contributed by atoms with Crippen LogP contribution in [0.4, 0.5) is 0 Å². The maximum absolute atomic E-state index is 11.9. The summed E-state index contributed by atoms with van der Waals surface area (Å²) >= 11 is 10.3. The Bertz CT molecular complexity index is 1010. The van der Waals surface area contributed by atoms with Crippen LogP contribution >= 0.6 is 24.2 Å². The number of benzene rings is 2. The highest BCUT2D eigenvalue weighted by molar-refractivity contribution is 7.80. The van der Waals surface area contributed by atoms with Crippen LogP contribution in [0, 0.1) is 11.3 Å². The van der Waals surface area contributed by atoms with Crippen LogP contribution in [0.15, 0.2) is 64.4 Å². The number of hydrogen-bond donors (Lipinski definition) is 2. The number of nitrogens with one attached hydrogen (secondary N) is 1. The molecule has 2 aromatic carbocycles. The molecule has 0 fully saturated rings. The minimum Gasteiger partial charge on any atom is -0.456 e. The number of aromatic nitrogens is 1. The molecule has 0 spiro atoms. The second-order valence-electron chi connectivity index (χ2n) is 5.37. The van der Waals surface area contributed by atoms with Crippen molar-refractivity contribution < 1.29 is 4.74 Å². The van der Waals surface area contributed by atoms with Gasteiger partial charge in [0.05, 0.1) is 11.6 Å². The standard InChI is InChI=1S/C19H13ClN2O2S/c20-15-7-13(10-21)8-16(9-15)24-17-14(11-22-19(23)18(17)25)6-12-4-2-1-3-5-12/h1-5,7-9,11,25H,6H2,(H,22,23). The van der Waals surface area contributed by atoms with Crippen LogP contribution in [-0.4, -0.2) is 4.98 Å². The van der Waals surface area contributed by atoms with Gasteiger partial charge in [0, 0.05) is 23.2 Å². The van der Waals surface area contributed by atoms with E-state index in [0.29, 0.717) is 28.5 Å². The summed E-state index contributed by atoms with van der Waals surface area (Å²) in [6, 6.07) is 16.5. The lowest BCUT2D eigenvalue weighted by atomic mass is 10.1. The van der Waals surface area contributed by atoms with Gasteiger partial charge in [-0.15, -0.1) is 12.6 Å². The van der Waals surface area contributed by atoms with Gasteiger partial charge in [0.25, 0.3) is 5.56 Å². The maximum atomic E-state index is 11.9. The van der Waals surface area contributed by atoms with Gasteiger partial charge in [-0.25, -0.2) is 0 Å². The molecule has 1 N–H and O–H groups in total. The van der Waals surface area contributed by atoms with E-state index in [2.05, 4.69) is 17.6 Å². The molecule has 0 amide bonds. The molecule has 4 nitrogen and oxygen atoms in total. The summed E-state index contributed by atoms with van der Waals surface area (Å²) < 4.78 is 5.88. The zero-order valence-corrected chi connectivity index (χ0v) is 14.6. The molecule has 6 heteroatoms. The Morgan fingerprint density at radius 3 is 2.68 bits per heavy atom. The van der Waals surface area contributed by atoms with Crippen molar-refractivity contribution in [3.05, 3.63) is 86.8 Å². The van der Waals surface area contributed by atoms with Crippen LogP contribution in [0.25, 0.3) is 0 Å². The van der Waals surface area contributed by atoms with E-state index < -0.39 is 0 Å². The van der Waals surface area contributed by atoms with Crippen LogP contribution in [-0.2, 0) is 6.42 Å². The Balaban J connectivity index is 2.03. The molecule has 25 heavy (non-hydrogen) atoms. The van der Waals surface area contributed by atoms with Gasteiger partial charge in [-0.3, -0.25) is 4.79 Å². The SMILES string of the molecule is N#Cc1cc(Cl)cc(Oc2c(Cc3ccccc3)c[nH]c(=O)c2S)c1. The molecule has 0 saturated carbocycles. The number of rotatable bonds is 4. The molecule has 0 aliphatic rings. The average Bonchev–Trinajstić information content (AvgIpc) is 2.61. The molecular weight excluding hydrogens is 356 g/mol. The summed E-state index contributed by atoms with van der Waals surface area (Å²) in [6.07, 6.45) is 2.17. The Hall–Kier alpha value is -2.68. The van der Waals surface area contributed by atoms with E-state index in [9.17, 15) is 4.79 Å². The van der Waals surface area contributed by atoms with Gasteiger partial charge in [0.2, 0.25) is 0 Å². The van der Waals surface area contributed by atoms with Gasteiger partial charge < -0.3 is 9.72 Å². The second kappa shape index (κ2) is 7.47. The van der Waals surface area contributed by atoms with Gasteiger partial charge in [-0.05, 0) is 23.8 Å². The third-order valence-corrected chi connectivity index (χ3v) is 4.18. The number of hydrogen-bond acceptors (Lipinski definition) is 4. The number of ether oxygens (including phenoxy) is 1. The summed E-state index contributed by atoms with van der Waals surface area (Å²) in [7, 11) is 0. The van der Waals surface area contributed by atoms with Crippen molar-refractivity contribution in [2.45, 2.75) is 11.3 Å². The van der Waals surface area contributed by atoms with Crippen LogP contribution in [0.5, 0.6) is 11.5 Å². The van der Waals surface area contributed by atoms with E-state index in [1.54, 1.807) is 24.4 Å². The Labute approximate surface area is 155 Å². The molecular formula is C19H13ClN2O2S. The third-order valence-electron chi connectivity index (χ3n) is 3.56. The lowest BCUT2D eigenvalue weighted by Gasteiger charge is -2.13. The number of thiol groups is 1. The van der Waals surface area contributed by atoms with E-state index in [-0.39, 0.29) is 10.5 Å². The minimum absolute atomic E-state index is 0.173. The van der Waals surface area contributed by atoms with Gasteiger partial charge in [0.1, 0.15) is 10.6 Å². The van der Waals surface area contributed by atoms with Gasteiger partial charge in [-0.1, -0.05) is 41.9 Å². The van der Waals surface area contributed by atoms with Crippen molar-refractivity contribution >= 4 is 24.2 Å². The fourth-order valence-electron chi connectivity index (χ4n) is 2.41. The summed E-state index contributed by atoms with van der Waals surface area (Å²) in [5.74, 6) is 0.723. The normalized spacial score (nSPS) is 10.3. The maximum Gasteiger partial charge on any atom is 0.265 e. The first-order valence-electron chi connectivity index (χ1n) is 7.43. The summed E-state index contributed by atoms with van der Waals surface area (Å²) in [6.45, 7) is 0. The number of nitriles is 1. The highest BCUT2D eigenvalue weighted by atomic mass is 35.5. The molecule has 0 aliphatic carbocycles. The topological polar surface area (TPSA) is 65.9 Å². The molecule has 3 rings (SSSR count). The number of aromatic amines is 1. The predicted octanol–water partition coefficient (Wildman–Crippen LogP) is 4.57. The Morgan fingerprint density at radius 1 is 1.20 bits per heavy atom. The number of H-pyrrole nitrogens is 1. The molecule has 3 aromatic rings. The van der Waals surface area contributed by atoms with Crippen LogP contribution in [0.3, 0.4) is 0 Å². The summed E-state index contributed by atoms with van der Waals surface area (Å²) in [4.78, 5) is 14.8. The smallest absolute Gasteiger partial charge is 0.265 e. The first kappa shape index (κ1) is 17.2. The van der Waals surface area contributed by atoms with Gasteiger partial charge >= 0.3 is 0 Å². The monoisotopic (exact) mass is 368 g/mol. The predicted molar refractivity (Wildman–Crippen MR) is 99.8 cm³/mol. The largest absolute Gasteiger partial charge is 0.456 e. The molecule has 0 saturated heterocycles. The second-order valence-corrected chi connectivity index (χ2v) is 6.26. The van der Waals surface area contributed by atoms with Crippen molar-refractivity contribution in [1.29, 1.82) is 5.26 Å². The van der Waals surface area contributed by atoms with Crippen molar-refractivity contribution in [2.75, 3.05) is 0 Å². The van der Waals surface area contributed by atoms with Gasteiger partial charge in [-0.2, -0.15) is 5.26 Å². The molecule has 0 radical (unpaired) electrons. The van der Waals surface area contributed by atoms with Crippen LogP contribution in [0.2, 0.25) is 5.02 Å². The number of nitrogens with zero attached hydrogens (tertiary/aromatic N) is 1. The minimum atomic E-state index is -0.349. The molecule has 0 unspecified atom stereocenters. The summed E-state index contributed by atoms with van der Waals surface area (Å²) in [5, 5.41) is 9.45. The molecule has 124 valence electrons. The fraction of sp³-hybridized carbons (Fsp3) is 0.0526. The number of pyridine rings is 1. The van der Waals surface area contributed by atoms with Crippen molar-refractivity contribution in [1.82, 2.24) is 4.98 Å².